The summed E-state index contributed by atoms with van der Waals surface area (Å²) >= 11 is 0. The quantitative estimate of drug-likeness (QED) is 0.384. The van der Waals surface area contributed by atoms with Crippen LogP contribution in [0, 0.1) is 0 Å². The number of alkyl halides is 2. The molecule has 0 bridgehead atoms. The number of aliphatic hydroxyl groups is 1. The molecule has 0 aliphatic rings. The second-order valence-corrected chi connectivity index (χ2v) is 7.41. The number of aromatic amines is 1. The summed E-state index contributed by atoms with van der Waals surface area (Å²) in [5.41, 5.74) is 2.80. The molecule has 10 heteroatoms. The highest BCUT2D eigenvalue weighted by Gasteiger charge is 2.20. The van der Waals surface area contributed by atoms with E-state index in [-0.39, 0.29) is 18.2 Å². The van der Waals surface area contributed by atoms with Gasteiger partial charge in [-0.25, -0.2) is 18.7 Å². The molecule has 4 rings (SSSR count). The minimum absolute atomic E-state index is 0.160. The standard InChI is InChI=1S/C23H21F2N5O3/c1-12(11-31)33-15-9-18-22(27-10-15)20(16-4-3-5-17(29-16)23(24)25)21(30-18)14-6-7-26-19(8-14)28-13(2)32/h3-10,12,23,30-31H,11H2,1-2H3,(H,26,28,32). The number of ether oxygens (including phenoxy) is 1. The van der Waals surface area contributed by atoms with E-state index in [4.69, 9.17) is 4.74 Å². The third-order valence-electron chi connectivity index (χ3n) is 4.81. The van der Waals surface area contributed by atoms with Gasteiger partial charge < -0.3 is 20.1 Å². The zero-order chi connectivity index (χ0) is 23.5. The van der Waals surface area contributed by atoms with Gasteiger partial charge in [0.05, 0.1) is 40.8 Å². The predicted molar refractivity (Wildman–Crippen MR) is 119 cm³/mol. The van der Waals surface area contributed by atoms with Crippen molar-refractivity contribution >= 4 is 22.8 Å². The number of nitrogens with zero attached hydrogens (tertiary/aromatic N) is 3. The number of hydrogen-bond donors (Lipinski definition) is 3. The summed E-state index contributed by atoms with van der Waals surface area (Å²) in [4.78, 5) is 27.5. The van der Waals surface area contributed by atoms with E-state index in [0.29, 0.717) is 45.1 Å². The number of nitrogens with one attached hydrogen (secondary N) is 2. The van der Waals surface area contributed by atoms with Crippen LogP contribution in [-0.2, 0) is 4.79 Å². The van der Waals surface area contributed by atoms with Gasteiger partial charge >= 0.3 is 0 Å². The zero-order valence-electron chi connectivity index (χ0n) is 17.8. The second-order valence-electron chi connectivity index (χ2n) is 7.41. The van der Waals surface area contributed by atoms with Crippen molar-refractivity contribution < 1.29 is 23.4 Å². The first-order valence-corrected chi connectivity index (χ1v) is 10.1. The van der Waals surface area contributed by atoms with Crippen LogP contribution in [0.2, 0.25) is 0 Å². The average Bonchev–Trinajstić information content (AvgIpc) is 3.17. The molecule has 0 saturated heterocycles. The zero-order valence-corrected chi connectivity index (χ0v) is 17.8. The van der Waals surface area contributed by atoms with Crippen molar-refractivity contribution in [2.24, 2.45) is 0 Å². The lowest BCUT2D eigenvalue weighted by molar-refractivity contribution is -0.114. The molecular formula is C23H21F2N5O3. The molecule has 1 unspecified atom stereocenters. The Kier molecular flexibility index (Phi) is 6.27. The first kappa shape index (κ1) is 22.3. The van der Waals surface area contributed by atoms with Gasteiger partial charge in [-0.2, -0.15) is 0 Å². The van der Waals surface area contributed by atoms with Gasteiger partial charge in [0.15, 0.2) is 0 Å². The number of H-pyrrole nitrogens is 1. The first-order valence-electron chi connectivity index (χ1n) is 10.1. The maximum absolute atomic E-state index is 13.3. The number of halogens is 2. The van der Waals surface area contributed by atoms with Crippen LogP contribution < -0.4 is 10.1 Å². The Morgan fingerprint density at radius 2 is 2.06 bits per heavy atom. The minimum Gasteiger partial charge on any atom is -0.487 e. The maximum atomic E-state index is 13.3. The van der Waals surface area contributed by atoms with Gasteiger partial charge in [0, 0.05) is 24.8 Å². The van der Waals surface area contributed by atoms with Crippen molar-refractivity contribution in [2.45, 2.75) is 26.4 Å². The van der Waals surface area contributed by atoms with Gasteiger partial charge in [0.1, 0.15) is 23.4 Å². The van der Waals surface area contributed by atoms with Crippen molar-refractivity contribution in [3.8, 4) is 28.3 Å². The molecule has 4 aromatic rings. The molecule has 0 aliphatic carbocycles. The summed E-state index contributed by atoms with van der Waals surface area (Å²) in [6, 6.07) is 9.52. The molecule has 0 spiro atoms. The van der Waals surface area contributed by atoms with Gasteiger partial charge in [0.25, 0.3) is 6.43 Å². The largest absolute Gasteiger partial charge is 0.487 e. The second kappa shape index (κ2) is 9.29. The summed E-state index contributed by atoms with van der Waals surface area (Å²) in [5, 5.41) is 11.9. The van der Waals surface area contributed by atoms with Crippen LogP contribution in [-0.4, -0.2) is 43.7 Å². The Bertz CT molecular complexity index is 1310. The summed E-state index contributed by atoms with van der Waals surface area (Å²) < 4.78 is 32.3. The van der Waals surface area contributed by atoms with E-state index in [9.17, 15) is 18.7 Å². The lowest BCUT2D eigenvalue weighted by atomic mass is 10.0. The van der Waals surface area contributed by atoms with Crippen LogP contribution in [0.3, 0.4) is 0 Å². The van der Waals surface area contributed by atoms with Gasteiger partial charge in [-0.1, -0.05) is 6.07 Å². The summed E-state index contributed by atoms with van der Waals surface area (Å²) in [7, 11) is 0. The van der Waals surface area contributed by atoms with Gasteiger partial charge in [0.2, 0.25) is 5.91 Å². The van der Waals surface area contributed by atoms with Crippen molar-refractivity contribution in [1.29, 1.82) is 0 Å². The summed E-state index contributed by atoms with van der Waals surface area (Å²) in [5.74, 6) is 0.503. The molecular weight excluding hydrogens is 432 g/mol. The molecule has 0 aromatic carbocycles. The number of anilines is 1. The van der Waals surface area contributed by atoms with Crippen molar-refractivity contribution in [2.75, 3.05) is 11.9 Å². The Labute approximate surface area is 187 Å². The third kappa shape index (κ3) is 4.80. The average molecular weight is 453 g/mol. The van der Waals surface area contributed by atoms with Crippen LogP contribution in [0.25, 0.3) is 33.5 Å². The van der Waals surface area contributed by atoms with E-state index in [1.165, 1.54) is 31.5 Å². The van der Waals surface area contributed by atoms with Crippen LogP contribution in [0.4, 0.5) is 14.6 Å². The number of carbonyl (C=O) groups excluding carboxylic acids is 1. The Balaban J connectivity index is 1.91. The fourth-order valence-corrected chi connectivity index (χ4v) is 3.40. The molecule has 4 aromatic heterocycles. The monoisotopic (exact) mass is 453 g/mol. The smallest absolute Gasteiger partial charge is 0.280 e. The number of fused-ring (bicyclic) bond motifs is 1. The molecule has 3 N–H and O–H groups in total. The SMILES string of the molecule is CC(=O)Nc1cc(-c2[nH]c3cc(OC(C)CO)cnc3c2-c2cccc(C(F)F)n2)ccn1. The van der Waals surface area contributed by atoms with Crippen LogP contribution in [0.15, 0.2) is 48.8 Å². The molecule has 1 atom stereocenters. The van der Waals surface area contributed by atoms with Gasteiger partial charge in [-0.3, -0.25) is 9.78 Å². The topological polar surface area (TPSA) is 113 Å². The number of carbonyl (C=O) groups is 1. The van der Waals surface area contributed by atoms with Gasteiger partial charge in [-0.05, 0) is 31.2 Å². The molecule has 8 nitrogen and oxygen atoms in total. The van der Waals surface area contributed by atoms with Crippen molar-refractivity contribution in [3.05, 3.63) is 54.5 Å². The van der Waals surface area contributed by atoms with Crippen LogP contribution >= 0.6 is 0 Å². The molecule has 4 heterocycles. The molecule has 170 valence electrons. The van der Waals surface area contributed by atoms with Crippen LogP contribution in [0.5, 0.6) is 5.75 Å². The molecule has 1 amide bonds. The first-order chi connectivity index (χ1) is 15.9. The van der Waals surface area contributed by atoms with E-state index in [1.54, 1.807) is 31.2 Å². The Morgan fingerprint density at radius 1 is 1.24 bits per heavy atom. The van der Waals surface area contributed by atoms with Crippen molar-refractivity contribution in [1.82, 2.24) is 19.9 Å². The Hall–Kier alpha value is -3.92. The number of rotatable bonds is 7. The Morgan fingerprint density at radius 3 is 2.79 bits per heavy atom. The number of aliphatic hydroxyl groups excluding tert-OH is 1. The lowest BCUT2D eigenvalue weighted by Gasteiger charge is -2.11. The lowest BCUT2D eigenvalue weighted by Crippen LogP contribution is -2.16. The number of hydrogen-bond acceptors (Lipinski definition) is 6. The normalized spacial score (nSPS) is 12.2. The predicted octanol–water partition coefficient (Wildman–Crippen LogP) is 4.34. The molecule has 0 saturated carbocycles. The van der Waals surface area contributed by atoms with Crippen LogP contribution in [0.1, 0.15) is 26.0 Å². The van der Waals surface area contributed by atoms with E-state index in [1.807, 2.05) is 0 Å². The highest BCUT2D eigenvalue weighted by atomic mass is 19.3. The van der Waals surface area contributed by atoms with E-state index >= 15 is 0 Å². The fraction of sp³-hybridized carbons (Fsp3) is 0.217. The third-order valence-corrected chi connectivity index (χ3v) is 4.81. The summed E-state index contributed by atoms with van der Waals surface area (Å²) in [6.07, 6.45) is -0.118. The molecule has 0 aliphatic heterocycles. The fourth-order valence-electron chi connectivity index (χ4n) is 3.40. The van der Waals surface area contributed by atoms with E-state index < -0.39 is 12.5 Å². The highest BCUT2D eigenvalue weighted by molar-refractivity contribution is 6.01. The number of amides is 1. The van der Waals surface area contributed by atoms with Gasteiger partial charge in [-0.15, -0.1) is 0 Å². The number of pyridine rings is 3. The molecule has 0 radical (unpaired) electrons. The van der Waals surface area contributed by atoms with Crippen molar-refractivity contribution in [3.63, 3.8) is 0 Å². The minimum atomic E-state index is -2.72. The number of aromatic nitrogens is 4. The molecule has 33 heavy (non-hydrogen) atoms. The highest BCUT2D eigenvalue weighted by Crippen LogP contribution is 2.38. The maximum Gasteiger partial charge on any atom is 0.280 e. The summed E-state index contributed by atoms with van der Waals surface area (Å²) in [6.45, 7) is 2.93. The van der Waals surface area contributed by atoms with E-state index in [0.717, 1.165) is 0 Å². The molecule has 0 fully saturated rings. The van der Waals surface area contributed by atoms with E-state index in [2.05, 4.69) is 25.3 Å².